The van der Waals surface area contributed by atoms with Gasteiger partial charge in [0.05, 0.1) is 22.8 Å². The number of rotatable bonds is 9. The summed E-state index contributed by atoms with van der Waals surface area (Å²) in [4.78, 5) is 35.0. The summed E-state index contributed by atoms with van der Waals surface area (Å²) < 4.78 is 15.4. The van der Waals surface area contributed by atoms with Crippen LogP contribution in [0.25, 0.3) is 0 Å². The number of anilines is 2. The van der Waals surface area contributed by atoms with Crippen LogP contribution in [0, 0.1) is 22.9 Å². The molecule has 0 bridgehead atoms. The molecule has 0 radical (unpaired) electrons. The Balaban J connectivity index is 1.59. The van der Waals surface area contributed by atoms with Crippen LogP contribution in [0.2, 0.25) is 0 Å². The van der Waals surface area contributed by atoms with Crippen molar-refractivity contribution in [2.45, 2.75) is 32.0 Å². The average molecular weight is 473 g/mol. The number of nitro benzene ring substituents is 1. The van der Waals surface area contributed by atoms with E-state index < -0.39 is 16.6 Å². The lowest BCUT2D eigenvalue weighted by Gasteiger charge is -2.09. The second-order valence-corrected chi connectivity index (χ2v) is 7.88. The number of nitro groups is 1. The van der Waals surface area contributed by atoms with Gasteiger partial charge in [0.25, 0.3) is 5.69 Å². The van der Waals surface area contributed by atoms with Gasteiger partial charge in [0.1, 0.15) is 11.6 Å². The number of carbonyl (C=O) groups excluding carboxylic acids is 2. The highest BCUT2D eigenvalue weighted by atomic mass is 32.2. The van der Waals surface area contributed by atoms with Crippen LogP contribution in [0.5, 0.6) is 0 Å². The molecule has 0 aliphatic heterocycles. The van der Waals surface area contributed by atoms with Gasteiger partial charge < -0.3 is 15.2 Å². The molecule has 2 N–H and O–H groups in total. The van der Waals surface area contributed by atoms with Gasteiger partial charge in [-0.1, -0.05) is 23.9 Å². The van der Waals surface area contributed by atoms with Crippen LogP contribution in [-0.2, 0) is 22.6 Å². The molecule has 1 heterocycles. The quantitative estimate of drug-likeness (QED) is 0.276. The Morgan fingerprint density at radius 2 is 1.85 bits per heavy atom. The maximum atomic E-state index is 13.7. The van der Waals surface area contributed by atoms with Crippen LogP contribution in [-0.4, -0.2) is 37.3 Å². The molecule has 3 aromatic rings. The van der Waals surface area contributed by atoms with E-state index >= 15 is 0 Å². The first-order valence-electron chi connectivity index (χ1n) is 9.92. The SMILES string of the molecule is CCn1c(CC(=O)Nc2ccccc2F)nnc1SCC(=O)Nc1ccc([N+](=O)[O-])cc1C. The second-order valence-electron chi connectivity index (χ2n) is 6.94. The van der Waals surface area contributed by atoms with E-state index in [2.05, 4.69) is 20.8 Å². The molecule has 33 heavy (non-hydrogen) atoms. The number of hydrogen-bond donors (Lipinski definition) is 2. The summed E-state index contributed by atoms with van der Waals surface area (Å²) in [5, 5.41) is 24.6. The highest BCUT2D eigenvalue weighted by Gasteiger charge is 2.17. The predicted molar refractivity (Wildman–Crippen MR) is 122 cm³/mol. The zero-order valence-corrected chi connectivity index (χ0v) is 18.7. The van der Waals surface area contributed by atoms with Crippen molar-refractivity contribution in [3.63, 3.8) is 0 Å². The van der Waals surface area contributed by atoms with Gasteiger partial charge in [-0.05, 0) is 37.6 Å². The monoisotopic (exact) mass is 472 g/mol. The lowest BCUT2D eigenvalue weighted by molar-refractivity contribution is -0.384. The van der Waals surface area contributed by atoms with Gasteiger partial charge in [0.2, 0.25) is 11.8 Å². The lowest BCUT2D eigenvalue weighted by Crippen LogP contribution is -2.18. The Morgan fingerprint density at radius 3 is 2.52 bits per heavy atom. The zero-order valence-electron chi connectivity index (χ0n) is 17.9. The fourth-order valence-corrected chi connectivity index (χ4v) is 3.81. The number of hydrogen-bond acceptors (Lipinski definition) is 7. The van der Waals surface area contributed by atoms with Crippen molar-refractivity contribution >= 4 is 40.6 Å². The molecule has 0 aliphatic carbocycles. The van der Waals surface area contributed by atoms with Crippen LogP contribution in [0.1, 0.15) is 18.3 Å². The summed E-state index contributed by atoms with van der Waals surface area (Å²) >= 11 is 1.14. The van der Waals surface area contributed by atoms with Crippen LogP contribution in [0.4, 0.5) is 21.5 Å². The maximum absolute atomic E-state index is 13.7. The summed E-state index contributed by atoms with van der Waals surface area (Å²) in [6.45, 7) is 3.99. The van der Waals surface area contributed by atoms with Gasteiger partial charge in [-0.25, -0.2) is 4.39 Å². The van der Waals surface area contributed by atoms with Gasteiger partial charge in [0, 0.05) is 24.4 Å². The Hall–Kier alpha value is -3.80. The number of carbonyl (C=O) groups is 2. The van der Waals surface area contributed by atoms with Crippen molar-refractivity contribution < 1.29 is 18.9 Å². The Bertz CT molecular complexity index is 1200. The third-order valence-electron chi connectivity index (χ3n) is 4.60. The number of para-hydroxylation sites is 1. The van der Waals surface area contributed by atoms with Gasteiger partial charge in [-0.15, -0.1) is 10.2 Å². The van der Waals surface area contributed by atoms with Crippen molar-refractivity contribution in [3.8, 4) is 0 Å². The third kappa shape index (κ3) is 6.13. The molecule has 2 aromatic carbocycles. The molecule has 0 saturated carbocycles. The topological polar surface area (TPSA) is 132 Å². The number of benzene rings is 2. The number of amides is 2. The Kier molecular flexibility index (Phi) is 7.72. The van der Waals surface area contributed by atoms with E-state index in [4.69, 9.17) is 0 Å². The van der Waals surface area contributed by atoms with Gasteiger partial charge in [0.15, 0.2) is 5.16 Å². The highest BCUT2D eigenvalue weighted by Crippen LogP contribution is 2.23. The molecule has 2 amide bonds. The average Bonchev–Trinajstić information content (AvgIpc) is 3.16. The molecule has 12 heteroatoms. The van der Waals surface area contributed by atoms with Crippen LogP contribution < -0.4 is 10.6 Å². The lowest BCUT2D eigenvalue weighted by atomic mass is 10.2. The predicted octanol–water partition coefficient (Wildman–Crippen LogP) is 3.57. The molecule has 172 valence electrons. The minimum Gasteiger partial charge on any atom is -0.325 e. The van der Waals surface area contributed by atoms with E-state index in [1.165, 1.54) is 36.4 Å². The molecule has 1 aromatic heterocycles. The van der Waals surface area contributed by atoms with Crippen molar-refractivity contribution in [1.29, 1.82) is 0 Å². The number of nitrogens with one attached hydrogen (secondary N) is 2. The normalized spacial score (nSPS) is 10.6. The third-order valence-corrected chi connectivity index (χ3v) is 5.57. The van der Waals surface area contributed by atoms with Crippen LogP contribution >= 0.6 is 11.8 Å². The molecule has 10 nitrogen and oxygen atoms in total. The number of nitrogens with zero attached hydrogens (tertiary/aromatic N) is 4. The van der Waals surface area contributed by atoms with Crippen molar-refractivity contribution in [1.82, 2.24) is 14.8 Å². The first-order valence-corrected chi connectivity index (χ1v) is 10.9. The summed E-state index contributed by atoms with van der Waals surface area (Å²) in [7, 11) is 0. The number of thioether (sulfide) groups is 1. The fraction of sp³-hybridized carbons (Fsp3) is 0.238. The molecule has 0 aliphatic rings. The molecule has 3 rings (SSSR count). The summed E-state index contributed by atoms with van der Waals surface area (Å²) in [6.07, 6.45) is -0.107. The fourth-order valence-electron chi connectivity index (χ4n) is 2.99. The van der Waals surface area contributed by atoms with E-state index in [1.54, 1.807) is 17.6 Å². The molecular weight excluding hydrogens is 451 g/mol. The number of aryl methyl sites for hydroxylation is 1. The van der Waals surface area contributed by atoms with Crippen LogP contribution in [0.15, 0.2) is 47.6 Å². The van der Waals surface area contributed by atoms with E-state index in [1.807, 2.05) is 6.92 Å². The van der Waals surface area contributed by atoms with E-state index in [9.17, 15) is 24.1 Å². The van der Waals surface area contributed by atoms with E-state index in [0.29, 0.717) is 28.8 Å². The van der Waals surface area contributed by atoms with Crippen LogP contribution in [0.3, 0.4) is 0 Å². The Labute approximate surface area is 192 Å². The molecule has 0 atom stereocenters. The van der Waals surface area contributed by atoms with Gasteiger partial charge in [-0.3, -0.25) is 19.7 Å². The molecular formula is C21H21FN6O4S. The summed E-state index contributed by atoms with van der Waals surface area (Å²) in [5.41, 5.74) is 1.08. The second kappa shape index (κ2) is 10.7. The molecule has 0 saturated heterocycles. The van der Waals surface area contributed by atoms with Gasteiger partial charge >= 0.3 is 0 Å². The van der Waals surface area contributed by atoms with E-state index in [-0.39, 0.29) is 29.5 Å². The minimum absolute atomic E-state index is 0.0238. The largest absolute Gasteiger partial charge is 0.325 e. The first-order chi connectivity index (χ1) is 15.8. The van der Waals surface area contributed by atoms with Crippen molar-refractivity contribution in [2.24, 2.45) is 0 Å². The zero-order chi connectivity index (χ0) is 24.0. The smallest absolute Gasteiger partial charge is 0.269 e. The summed E-state index contributed by atoms with van der Waals surface area (Å²) in [6, 6.07) is 10.0. The van der Waals surface area contributed by atoms with Crippen molar-refractivity contribution in [3.05, 3.63) is 69.8 Å². The van der Waals surface area contributed by atoms with E-state index in [0.717, 1.165) is 11.8 Å². The van der Waals surface area contributed by atoms with Gasteiger partial charge in [-0.2, -0.15) is 0 Å². The summed E-state index contributed by atoms with van der Waals surface area (Å²) in [5.74, 6) is -0.879. The number of non-ortho nitro benzene ring substituents is 1. The molecule has 0 spiro atoms. The standard InChI is InChI=1S/C21H21FN6O4S/c1-3-27-18(11-19(29)24-17-7-5-4-6-15(17)22)25-26-21(27)33-12-20(30)23-16-9-8-14(28(31)32)10-13(16)2/h4-10H,3,11-12H2,1-2H3,(H,23,30)(H,24,29). The Morgan fingerprint density at radius 1 is 1.12 bits per heavy atom. The number of halogens is 1. The molecule has 0 unspecified atom stereocenters. The first kappa shape index (κ1) is 23.9. The minimum atomic E-state index is -0.534. The highest BCUT2D eigenvalue weighted by molar-refractivity contribution is 7.99. The van der Waals surface area contributed by atoms with Crippen molar-refractivity contribution in [2.75, 3.05) is 16.4 Å². The maximum Gasteiger partial charge on any atom is 0.269 e. The molecule has 0 fully saturated rings. The number of aromatic nitrogens is 3.